The normalized spacial score (nSPS) is 20.5. The van der Waals surface area contributed by atoms with E-state index in [1.54, 1.807) is 6.07 Å². The number of thioether (sulfide) groups is 2. The minimum absolute atomic E-state index is 0.182. The molecule has 1 aliphatic heterocycles. The van der Waals surface area contributed by atoms with Crippen LogP contribution in [0.3, 0.4) is 0 Å². The summed E-state index contributed by atoms with van der Waals surface area (Å²) in [6, 6.07) is 5.02. The summed E-state index contributed by atoms with van der Waals surface area (Å²) in [7, 11) is 0. The van der Waals surface area contributed by atoms with Crippen LogP contribution in [0, 0.1) is 5.82 Å². The number of halogens is 2. The van der Waals surface area contributed by atoms with Crippen LogP contribution in [-0.2, 0) is 6.54 Å². The highest BCUT2D eigenvalue weighted by Gasteiger charge is 2.13. The third kappa shape index (κ3) is 4.81. The van der Waals surface area contributed by atoms with Crippen molar-refractivity contribution in [2.24, 2.45) is 0 Å². The lowest BCUT2D eigenvalue weighted by atomic mass is 10.2. The molecule has 1 saturated heterocycles. The fourth-order valence-corrected chi connectivity index (χ4v) is 4.90. The first-order chi connectivity index (χ1) is 8.24. The Morgan fingerprint density at radius 3 is 2.94 bits per heavy atom. The lowest BCUT2D eigenvalue weighted by Gasteiger charge is -2.21. The van der Waals surface area contributed by atoms with E-state index in [0.717, 1.165) is 23.1 Å². The molecule has 1 N–H and O–H groups in total. The smallest absolute Gasteiger partial charge is 0.124 e. The van der Waals surface area contributed by atoms with Crippen molar-refractivity contribution < 1.29 is 4.39 Å². The predicted molar refractivity (Wildman–Crippen MR) is 79.4 cm³/mol. The van der Waals surface area contributed by atoms with Crippen molar-refractivity contribution in [3.8, 4) is 0 Å². The Kier molecular flexibility index (Phi) is 5.66. The minimum atomic E-state index is -0.182. The van der Waals surface area contributed by atoms with Crippen LogP contribution in [0.2, 0.25) is 0 Å². The fraction of sp³-hybridized carbons (Fsp3) is 0.500. The first-order valence-electron chi connectivity index (χ1n) is 5.59. The van der Waals surface area contributed by atoms with Crippen molar-refractivity contribution in [3.05, 3.63) is 34.1 Å². The van der Waals surface area contributed by atoms with Gasteiger partial charge in [0.1, 0.15) is 5.82 Å². The molecule has 0 spiro atoms. The highest BCUT2D eigenvalue weighted by Crippen LogP contribution is 2.23. The molecule has 5 heteroatoms. The van der Waals surface area contributed by atoms with E-state index >= 15 is 0 Å². The van der Waals surface area contributed by atoms with Crippen LogP contribution in [0.1, 0.15) is 5.56 Å². The second-order valence-electron chi connectivity index (χ2n) is 3.98. The van der Waals surface area contributed by atoms with Gasteiger partial charge in [-0.2, -0.15) is 23.5 Å². The van der Waals surface area contributed by atoms with Crippen molar-refractivity contribution in [1.82, 2.24) is 5.32 Å². The highest BCUT2D eigenvalue weighted by atomic mass is 79.9. The third-order valence-electron chi connectivity index (χ3n) is 2.51. The van der Waals surface area contributed by atoms with E-state index in [9.17, 15) is 4.39 Å². The van der Waals surface area contributed by atoms with E-state index in [1.807, 2.05) is 29.6 Å². The van der Waals surface area contributed by atoms with E-state index < -0.39 is 0 Å². The molecular weight excluding hydrogens is 321 g/mol. The summed E-state index contributed by atoms with van der Waals surface area (Å²) in [4.78, 5) is 0. The van der Waals surface area contributed by atoms with Gasteiger partial charge in [0.2, 0.25) is 0 Å². The first-order valence-corrected chi connectivity index (χ1v) is 8.59. The maximum absolute atomic E-state index is 13.1. The van der Waals surface area contributed by atoms with Gasteiger partial charge in [0.05, 0.1) is 0 Å². The van der Waals surface area contributed by atoms with Gasteiger partial charge in [0.25, 0.3) is 0 Å². The Hall–Kier alpha value is 0.290. The van der Waals surface area contributed by atoms with Gasteiger partial charge < -0.3 is 5.32 Å². The highest BCUT2D eigenvalue weighted by molar-refractivity contribution is 9.10. The Balaban J connectivity index is 1.77. The molecule has 1 aromatic rings. The largest absolute Gasteiger partial charge is 0.312 e. The molecule has 17 heavy (non-hydrogen) atoms. The van der Waals surface area contributed by atoms with Crippen LogP contribution in [0.4, 0.5) is 4.39 Å². The molecule has 0 aromatic heterocycles. The van der Waals surface area contributed by atoms with Crippen molar-refractivity contribution in [2.45, 2.75) is 11.8 Å². The van der Waals surface area contributed by atoms with Crippen LogP contribution in [-0.4, -0.2) is 29.1 Å². The number of benzene rings is 1. The van der Waals surface area contributed by atoms with Gasteiger partial charge in [-0.1, -0.05) is 15.9 Å². The predicted octanol–water partition coefficient (Wildman–Crippen LogP) is 3.53. The molecule has 1 heterocycles. The molecule has 1 aliphatic rings. The SMILES string of the molecule is Fc1cc(Br)cc(CNCC2CSCCS2)c1. The molecule has 94 valence electrons. The van der Waals surface area contributed by atoms with Gasteiger partial charge in [-0.25, -0.2) is 4.39 Å². The summed E-state index contributed by atoms with van der Waals surface area (Å²) in [6.07, 6.45) is 0. The second kappa shape index (κ2) is 7.02. The molecule has 0 saturated carbocycles. The monoisotopic (exact) mass is 335 g/mol. The van der Waals surface area contributed by atoms with Gasteiger partial charge >= 0.3 is 0 Å². The maximum Gasteiger partial charge on any atom is 0.124 e. The topological polar surface area (TPSA) is 12.0 Å². The molecule has 1 nitrogen and oxygen atoms in total. The lowest BCUT2D eigenvalue weighted by Crippen LogP contribution is -2.28. The van der Waals surface area contributed by atoms with Crippen LogP contribution >= 0.6 is 39.5 Å². The zero-order valence-corrected chi connectivity index (χ0v) is 12.6. The summed E-state index contributed by atoms with van der Waals surface area (Å²) in [5.74, 6) is 3.57. The summed E-state index contributed by atoms with van der Waals surface area (Å²) < 4.78 is 13.9. The van der Waals surface area contributed by atoms with Crippen LogP contribution in [0.5, 0.6) is 0 Å². The number of rotatable bonds is 4. The molecule has 0 radical (unpaired) electrons. The molecule has 1 fully saturated rings. The fourth-order valence-electron chi connectivity index (χ4n) is 1.74. The molecule has 1 unspecified atom stereocenters. The first kappa shape index (κ1) is 13.7. The number of hydrogen-bond acceptors (Lipinski definition) is 3. The second-order valence-corrected chi connectivity index (χ2v) is 7.45. The molecular formula is C12H15BrFNS2. The standard InChI is InChI=1S/C12H15BrFNS2/c13-10-3-9(4-11(14)5-10)6-15-7-12-8-16-1-2-17-12/h3-5,12,15H,1-2,6-8H2. The van der Waals surface area contributed by atoms with Crippen LogP contribution in [0.25, 0.3) is 0 Å². The number of nitrogens with one attached hydrogen (secondary N) is 1. The zero-order chi connectivity index (χ0) is 12.1. The van der Waals surface area contributed by atoms with Gasteiger partial charge in [-0.3, -0.25) is 0 Å². The summed E-state index contributed by atoms with van der Waals surface area (Å²) in [5.41, 5.74) is 0.991. The number of hydrogen-bond donors (Lipinski definition) is 1. The van der Waals surface area contributed by atoms with Crippen molar-refractivity contribution >= 4 is 39.5 Å². The molecule has 2 rings (SSSR count). The molecule has 0 bridgehead atoms. The zero-order valence-electron chi connectivity index (χ0n) is 9.42. The molecule has 1 aromatic carbocycles. The van der Waals surface area contributed by atoms with Crippen LogP contribution in [0.15, 0.2) is 22.7 Å². The molecule has 0 amide bonds. The average Bonchev–Trinajstić information content (AvgIpc) is 2.29. The van der Waals surface area contributed by atoms with Crippen molar-refractivity contribution in [3.63, 3.8) is 0 Å². The average molecular weight is 336 g/mol. The van der Waals surface area contributed by atoms with Gasteiger partial charge in [-0.15, -0.1) is 0 Å². The van der Waals surface area contributed by atoms with Crippen molar-refractivity contribution in [2.75, 3.05) is 23.8 Å². The van der Waals surface area contributed by atoms with E-state index in [4.69, 9.17) is 0 Å². The minimum Gasteiger partial charge on any atom is -0.312 e. The lowest BCUT2D eigenvalue weighted by molar-refractivity contribution is 0.619. The van der Waals surface area contributed by atoms with Crippen LogP contribution < -0.4 is 5.32 Å². The summed E-state index contributed by atoms with van der Waals surface area (Å²) in [5, 5.41) is 4.10. The Labute approximate surface area is 118 Å². The summed E-state index contributed by atoms with van der Waals surface area (Å²) in [6.45, 7) is 1.74. The van der Waals surface area contributed by atoms with Gasteiger partial charge in [0.15, 0.2) is 0 Å². The van der Waals surface area contributed by atoms with E-state index in [0.29, 0.717) is 5.25 Å². The quantitative estimate of drug-likeness (QED) is 0.903. The summed E-state index contributed by atoms with van der Waals surface area (Å²) >= 11 is 7.37. The van der Waals surface area contributed by atoms with Gasteiger partial charge in [-0.05, 0) is 23.8 Å². The Morgan fingerprint density at radius 2 is 2.24 bits per heavy atom. The molecule has 1 atom stereocenters. The third-order valence-corrected chi connectivity index (χ3v) is 5.81. The molecule has 0 aliphatic carbocycles. The van der Waals surface area contributed by atoms with Crippen molar-refractivity contribution in [1.29, 1.82) is 0 Å². The Morgan fingerprint density at radius 1 is 1.35 bits per heavy atom. The van der Waals surface area contributed by atoms with E-state index in [1.165, 1.54) is 23.3 Å². The maximum atomic E-state index is 13.1. The van der Waals surface area contributed by atoms with E-state index in [-0.39, 0.29) is 5.82 Å². The van der Waals surface area contributed by atoms with E-state index in [2.05, 4.69) is 21.2 Å². The Bertz CT molecular complexity index is 349. The van der Waals surface area contributed by atoms with Gasteiger partial charge in [0, 0.05) is 40.1 Å².